The molecule has 2 rings (SSSR count). The average Bonchev–Trinajstić information content (AvgIpc) is 2.48. The Morgan fingerprint density at radius 1 is 1.31 bits per heavy atom. The Hall–Kier alpha value is 0.930. The van der Waals surface area contributed by atoms with Gasteiger partial charge in [0.1, 0.15) is 0 Å². The van der Waals surface area contributed by atoms with Gasteiger partial charge in [0.05, 0.1) is 2.88 Å². The highest BCUT2D eigenvalue weighted by Gasteiger charge is 2.07. The molecule has 0 aliphatic carbocycles. The summed E-state index contributed by atoms with van der Waals surface area (Å²) in [6.07, 6.45) is 0. The normalized spacial score (nSPS) is 11.0. The number of hydrogen-bond acceptors (Lipinski definition) is 1. The van der Waals surface area contributed by atoms with Gasteiger partial charge in [0.25, 0.3) is 0 Å². The van der Waals surface area contributed by atoms with E-state index in [0.717, 1.165) is 0 Å². The van der Waals surface area contributed by atoms with Crippen LogP contribution in [0.2, 0.25) is 0 Å². The van der Waals surface area contributed by atoms with E-state index in [1.54, 1.807) is 0 Å². The number of thiophene rings is 1. The summed E-state index contributed by atoms with van der Waals surface area (Å²) in [5.74, 6) is 0.597. The van der Waals surface area contributed by atoms with E-state index in [2.05, 4.69) is 63.4 Å². The fourth-order valence-corrected chi connectivity index (χ4v) is 4.08. The second-order valence-electron chi connectivity index (χ2n) is 2.63. The number of rotatable bonds is 1. The van der Waals surface area contributed by atoms with Crippen LogP contribution in [0.15, 0.2) is 18.2 Å². The van der Waals surface area contributed by atoms with Gasteiger partial charge in [0.2, 0.25) is 0 Å². The van der Waals surface area contributed by atoms with E-state index in [4.69, 9.17) is 11.6 Å². The third kappa shape index (κ3) is 1.98. The molecule has 0 fully saturated rings. The van der Waals surface area contributed by atoms with Crippen LogP contribution in [0.25, 0.3) is 10.1 Å². The molecule has 4 heteroatoms. The van der Waals surface area contributed by atoms with Gasteiger partial charge in [-0.1, -0.05) is 6.07 Å². The Morgan fingerprint density at radius 2 is 2.08 bits per heavy atom. The Balaban J connectivity index is 2.83. The predicted octanol–water partition coefficient (Wildman–Crippen LogP) is 4.85. The van der Waals surface area contributed by atoms with Crippen molar-refractivity contribution >= 4 is 78.2 Å². The van der Waals surface area contributed by atoms with Crippen LogP contribution in [-0.4, -0.2) is 0 Å². The summed E-state index contributed by atoms with van der Waals surface area (Å²) in [4.78, 5) is 0. The predicted molar refractivity (Wildman–Crippen MR) is 76.8 cm³/mol. The molecular formula is C9H5ClI2S. The summed E-state index contributed by atoms with van der Waals surface area (Å²) in [5, 5.41) is 1.32. The van der Waals surface area contributed by atoms with E-state index < -0.39 is 0 Å². The van der Waals surface area contributed by atoms with Crippen molar-refractivity contribution in [3.8, 4) is 0 Å². The lowest BCUT2D eigenvalue weighted by Gasteiger charge is -1.99. The van der Waals surface area contributed by atoms with Gasteiger partial charge in [-0.05, 0) is 68.3 Å². The van der Waals surface area contributed by atoms with Crippen molar-refractivity contribution in [3.63, 3.8) is 0 Å². The fraction of sp³-hybridized carbons (Fsp3) is 0.111. The van der Waals surface area contributed by atoms with Crippen molar-refractivity contribution in [2.75, 3.05) is 0 Å². The molecule has 0 nitrogen and oxygen atoms in total. The monoisotopic (exact) mass is 434 g/mol. The molecule has 1 aromatic heterocycles. The van der Waals surface area contributed by atoms with Gasteiger partial charge in [-0.15, -0.1) is 22.9 Å². The largest absolute Gasteiger partial charge is 0.128 e. The van der Waals surface area contributed by atoms with Crippen molar-refractivity contribution in [1.29, 1.82) is 0 Å². The Labute approximate surface area is 113 Å². The number of halogens is 3. The molecule has 0 radical (unpaired) electrons. The van der Waals surface area contributed by atoms with Crippen molar-refractivity contribution in [2.45, 2.75) is 5.88 Å². The molecule has 0 spiro atoms. The van der Waals surface area contributed by atoms with E-state index in [9.17, 15) is 0 Å². The minimum absolute atomic E-state index is 0.597. The van der Waals surface area contributed by atoms with Gasteiger partial charge >= 0.3 is 0 Å². The lowest BCUT2D eigenvalue weighted by molar-refractivity contribution is 1.45. The van der Waals surface area contributed by atoms with E-state index >= 15 is 0 Å². The zero-order valence-electron chi connectivity index (χ0n) is 6.48. The Bertz CT molecular complexity index is 450. The molecule has 0 aliphatic rings. The van der Waals surface area contributed by atoms with Gasteiger partial charge in [-0.2, -0.15) is 0 Å². The molecule has 13 heavy (non-hydrogen) atoms. The zero-order valence-corrected chi connectivity index (χ0v) is 12.4. The van der Waals surface area contributed by atoms with Crippen molar-refractivity contribution in [1.82, 2.24) is 0 Å². The molecule has 0 bridgehead atoms. The maximum Gasteiger partial charge on any atom is 0.0666 e. The molecule has 0 unspecified atom stereocenters. The number of fused-ring (bicyclic) bond motifs is 1. The van der Waals surface area contributed by atoms with Gasteiger partial charge in [-0.25, -0.2) is 0 Å². The number of alkyl halides is 1. The second-order valence-corrected chi connectivity index (χ2v) is 7.01. The van der Waals surface area contributed by atoms with Crippen molar-refractivity contribution < 1.29 is 0 Å². The zero-order chi connectivity index (χ0) is 9.42. The van der Waals surface area contributed by atoms with Crippen LogP contribution in [0.1, 0.15) is 5.56 Å². The first-order chi connectivity index (χ1) is 6.22. The maximum absolute atomic E-state index is 5.87. The fourth-order valence-electron chi connectivity index (χ4n) is 1.23. The van der Waals surface area contributed by atoms with Crippen LogP contribution in [0.4, 0.5) is 0 Å². The van der Waals surface area contributed by atoms with Crippen molar-refractivity contribution in [2.24, 2.45) is 0 Å². The average molecular weight is 434 g/mol. The molecule has 1 heterocycles. The van der Waals surface area contributed by atoms with Gasteiger partial charge in [0.15, 0.2) is 0 Å². The van der Waals surface area contributed by atoms with E-state index in [0.29, 0.717) is 5.88 Å². The van der Waals surface area contributed by atoms with E-state index in [-0.39, 0.29) is 0 Å². The Morgan fingerprint density at radius 3 is 2.77 bits per heavy atom. The molecule has 1 aromatic carbocycles. The molecular weight excluding hydrogens is 429 g/mol. The van der Waals surface area contributed by atoms with Gasteiger partial charge < -0.3 is 0 Å². The van der Waals surface area contributed by atoms with Crippen LogP contribution >= 0.6 is 68.1 Å². The summed E-state index contributed by atoms with van der Waals surface area (Å²) in [5.41, 5.74) is 1.23. The first-order valence-electron chi connectivity index (χ1n) is 3.65. The smallest absolute Gasteiger partial charge is 0.0666 e. The summed E-state index contributed by atoms with van der Waals surface area (Å²) in [6, 6.07) is 6.45. The summed E-state index contributed by atoms with van der Waals surface area (Å²) in [6.45, 7) is 0. The molecule has 0 saturated carbocycles. The first kappa shape index (κ1) is 10.4. The van der Waals surface area contributed by atoms with Crippen molar-refractivity contribution in [3.05, 3.63) is 30.2 Å². The summed E-state index contributed by atoms with van der Waals surface area (Å²) < 4.78 is 4.00. The molecule has 0 atom stereocenters. The first-order valence-corrected chi connectivity index (χ1v) is 7.15. The minimum atomic E-state index is 0.597. The molecule has 0 amide bonds. The number of benzene rings is 1. The van der Waals surface area contributed by atoms with Gasteiger partial charge in [0, 0.05) is 14.2 Å². The van der Waals surface area contributed by atoms with Crippen LogP contribution in [0.5, 0.6) is 0 Å². The number of hydrogen-bond donors (Lipinski definition) is 0. The van der Waals surface area contributed by atoms with Gasteiger partial charge in [-0.3, -0.25) is 0 Å². The maximum atomic E-state index is 5.87. The third-order valence-electron chi connectivity index (χ3n) is 1.84. The molecule has 2 aromatic rings. The lowest BCUT2D eigenvalue weighted by atomic mass is 10.1. The van der Waals surface area contributed by atoms with E-state index in [1.165, 1.54) is 22.1 Å². The quantitative estimate of drug-likeness (QED) is 0.445. The minimum Gasteiger partial charge on any atom is -0.128 e. The van der Waals surface area contributed by atoms with Crippen LogP contribution in [0.3, 0.4) is 0 Å². The summed E-state index contributed by atoms with van der Waals surface area (Å²) >= 11 is 12.4. The highest BCUT2D eigenvalue weighted by atomic mass is 127. The molecule has 0 saturated heterocycles. The van der Waals surface area contributed by atoms with Crippen LogP contribution in [0, 0.1) is 6.45 Å². The lowest BCUT2D eigenvalue weighted by Crippen LogP contribution is -1.79. The summed E-state index contributed by atoms with van der Waals surface area (Å²) in [7, 11) is 0. The highest BCUT2D eigenvalue weighted by molar-refractivity contribution is 14.1. The Kier molecular flexibility index (Phi) is 3.38. The highest BCUT2D eigenvalue weighted by Crippen LogP contribution is 2.33. The molecule has 0 N–H and O–H groups in total. The van der Waals surface area contributed by atoms with E-state index in [1.807, 2.05) is 11.3 Å². The second kappa shape index (κ2) is 4.20. The topological polar surface area (TPSA) is 0 Å². The SMILES string of the molecule is ClCc1ccc(I)c2sc(I)cc12. The standard InChI is InChI=1S/C9H5ClI2S/c10-4-5-1-2-7(11)9-6(5)3-8(12)13-9/h1-3H,4H2. The third-order valence-corrected chi connectivity index (χ3v) is 5.32. The molecule has 68 valence electrons. The van der Waals surface area contributed by atoms with Crippen LogP contribution < -0.4 is 0 Å². The van der Waals surface area contributed by atoms with Crippen LogP contribution in [-0.2, 0) is 5.88 Å². The molecule has 0 aliphatic heterocycles.